The van der Waals surface area contributed by atoms with Crippen molar-refractivity contribution < 1.29 is 14.0 Å². The Morgan fingerprint density at radius 1 is 1.18 bits per heavy atom. The van der Waals surface area contributed by atoms with Crippen LogP contribution in [0, 0.1) is 5.82 Å². The van der Waals surface area contributed by atoms with Gasteiger partial charge in [0.15, 0.2) is 0 Å². The quantitative estimate of drug-likeness (QED) is 0.713. The number of nitrogens with zero attached hydrogens (tertiary/aromatic N) is 1. The smallest absolute Gasteiger partial charge is 0.224 e. The Morgan fingerprint density at radius 2 is 1.86 bits per heavy atom. The Hall–Kier alpha value is -1.91. The maximum absolute atomic E-state index is 13.0. The van der Waals surface area contributed by atoms with E-state index >= 15 is 0 Å². The first-order chi connectivity index (χ1) is 10.5. The summed E-state index contributed by atoms with van der Waals surface area (Å²) < 4.78 is 13.0. The molecule has 4 nitrogen and oxygen atoms in total. The van der Waals surface area contributed by atoms with Crippen molar-refractivity contribution in [2.24, 2.45) is 0 Å². The molecule has 0 radical (unpaired) electrons. The topological polar surface area (TPSA) is 49.4 Å². The zero-order chi connectivity index (χ0) is 16.4. The van der Waals surface area contributed by atoms with Gasteiger partial charge in [-0.3, -0.25) is 9.59 Å². The van der Waals surface area contributed by atoms with Gasteiger partial charge in [0.25, 0.3) is 0 Å². The van der Waals surface area contributed by atoms with E-state index in [1.807, 2.05) is 0 Å². The lowest BCUT2D eigenvalue weighted by atomic mass is 10.1. The van der Waals surface area contributed by atoms with E-state index in [1.54, 1.807) is 17.0 Å². The summed E-state index contributed by atoms with van der Waals surface area (Å²) in [7, 11) is 0. The van der Waals surface area contributed by atoms with Crippen molar-refractivity contribution in [3.63, 3.8) is 0 Å². The van der Waals surface area contributed by atoms with Gasteiger partial charge in [-0.2, -0.15) is 0 Å². The number of unbranched alkanes of at least 4 members (excludes halogenated alkanes) is 2. The average Bonchev–Trinajstić information content (AvgIpc) is 2.48. The molecule has 1 aromatic rings. The molecule has 0 unspecified atom stereocenters. The highest BCUT2D eigenvalue weighted by molar-refractivity contribution is 5.78. The lowest BCUT2D eigenvalue weighted by Crippen LogP contribution is -2.34. The standard InChI is InChI=1S/C17H25FN2O2/c1-3-4-5-12-20(17(22)10-11-19-14(2)21)13-15-6-8-16(18)9-7-15/h6-9H,3-5,10-13H2,1-2H3,(H,19,21). The molecule has 5 heteroatoms. The number of rotatable bonds is 9. The molecular formula is C17H25FN2O2. The molecule has 0 spiro atoms. The molecule has 1 rings (SSSR count). The van der Waals surface area contributed by atoms with Crippen LogP contribution in [-0.4, -0.2) is 29.8 Å². The van der Waals surface area contributed by atoms with Crippen LogP contribution in [0.4, 0.5) is 4.39 Å². The molecule has 0 aliphatic rings. The normalized spacial score (nSPS) is 10.3. The van der Waals surface area contributed by atoms with Gasteiger partial charge in [-0.15, -0.1) is 0 Å². The third kappa shape index (κ3) is 7.20. The highest BCUT2D eigenvalue weighted by Crippen LogP contribution is 2.09. The van der Waals surface area contributed by atoms with Crippen LogP contribution in [0.1, 0.15) is 45.1 Å². The Bertz CT molecular complexity index is 474. The predicted octanol–water partition coefficient (Wildman–Crippen LogP) is 2.87. The van der Waals surface area contributed by atoms with Crippen LogP contribution in [0.5, 0.6) is 0 Å². The van der Waals surface area contributed by atoms with E-state index in [4.69, 9.17) is 0 Å². The Kier molecular flexibility index (Phi) is 8.18. The fourth-order valence-electron chi connectivity index (χ4n) is 2.16. The first-order valence-electron chi connectivity index (χ1n) is 7.79. The highest BCUT2D eigenvalue weighted by atomic mass is 19.1. The minimum absolute atomic E-state index is 0.00850. The molecule has 0 aliphatic heterocycles. The lowest BCUT2D eigenvalue weighted by molar-refractivity contribution is -0.131. The number of hydrogen-bond donors (Lipinski definition) is 1. The van der Waals surface area contributed by atoms with Gasteiger partial charge in [0.2, 0.25) is 11.8 Å². The number of benzene rings is 1. The molecule has 22 heavy (non-hydrogen) atoms. The van der Waals surface area contributed by atoms with Crippen LogP contribution in [0.15, 0.2) is 24.3 Å². The van der Waals surface area contributed by atoms with Crippen LogP contribution in [0.3, 0.4) is 0 Å². The Labute approximate surface area is 131 Å². The van der Waals surface area contributed by atoms with Gasteiger partial charge >= 0.3 is 0 Å². The van der Waals surface area contributed by atoms with Crippen molar-refractivity contribution >= 4 is 11.8 Å². The SMILES string of the molecule is CCCCCN(Cc1ccc(F)cc1)C(=O)CCNC(C)=O. The number of hydrogen-bond acceptors (Lipinski definition) is 2. The molecule has 0 fully saturated rings. The van der Waals surface area contributed by atoms with Crippen molar-refractivity contribution in [1.29, 1.82) is 0 Å². The van der Waals surface area contributed by atoms with Gasteiger partial charge in [-0.25, -0.2) is 4.39 Å². The van der Waals surface area contributed by atoms with Crippen LogP contribution in [0.25, 0.3) is 0 Å². The summed E-state index contributed by atoms with van der Waals surface area (Å²) in [6.07, 6.45) is 3.39. The number of halogens is 1. The van der Waals surface area contributed by atoms with Crippen molar-refractivity contribution in [3.05, 3.63) is 35.6 Å². The first-order valence-corrected chi connectivity index (χ1v) is 7.79. The van der Waals surface area contributed by atoms with Crippen LogP contribution < -0.4 is 5.32 Å². The van der Waals surface area contributed by atoms with Crippen molar-refractivity contribution in [3.8, 4) is 0 Å². The third-order valence-corrected chi connectivity index (χ3v) is 3.38. The molecule has 0 bridgehead atoms. The van der Waals surface area contributed by atoms with E-state index in [1.165, 1.54) is 19.1 Å². The molecule has 0 saturated carbocycles. The second-order valence-electron chi connectivity index (χ2n) is 5.38. The molecule has 0 atom stereocenters. The fraction of sp³-hybridized carbons (Fsp3) is 0.529. The minimum atomic E-state index is -0.279. The number of amides is 2. The maximum Gasteiger partial charge on any atom is 0.224 e. The summed E-state index contributed by atoms with van der Waals surface area (Å²) >= 11 is 0. The molecule has 0 saturated heterocycles. The minimum Gasteiger partial charge on any atom is -0.356 e. The average molecular weight is 308 g/mol. The number of carbonyl (C=O) groups is 2. The second kappa shape index (κ2) is 9.92. The summed E-state index contributed by atoms with van der Waals surface area (Å²) in [5, 5.41) is 2.63. The summed E-state index contributed by atoms with van der Waals surface area (Å²) in [6, 6.07) is 6.20. The molecule has 0 heterocycles. The Balaban J connectivity index is 2.59. The summed E-state index contributed by atoms with van der Waals surface area (Å²) in [4.78, 5) is 24.9. The molecule has 1 N–H and O–H groups in total. The maximum atomic E-state index is 13.0. The summed E-state index contributed by atoms with van der Waals surface area (Å²) in [5.41, 5.74) is 0.908. The van der Waals surface area contributed by atoms with E-state index in [-0.39, 0.29) is 24.1 Å². The molecule has 0 aromatic heterocycles. The number of carbonyl (C=O) groups excluding carboxylic acids is 2. The van der Waals surface area contributed by atoms with Gasteiger partial charge in [0.05, 0.1) is 0 Å². The Morgan fingerprint density at radius 3 is 2.45 bits per heavy atom. The highest BCUT2D eigenvalue weighted by Gasteiger charge is 2.13. The van der Waals surface area contributed by atoms with E-state index < -0.39 is 0 Å². The van der Waals surface area contributed by atoms with E-state index in [0.29, 0.717) is 19.6 Å². The monoisotopic (exact) mass is 308 g/mol. The van der Waals surface area contributed by atoms with Crippen LogP contribution in [0.2, 0.25) is 0 Å². The van der Waals surface area contributed by atoms with Crippen LogP contribution >= 0.6 is 0 Å². The number of nitrogens with one attached hydrogen (secondary N) is 1. The fourth-order valence-corrected chi connectivity index (χ4v) is 2.16. The van der Waals surface area contributed by atoms with Crippen molar-refractivity contribution in [2.45, 2.75) is 46.1 Å². The molecule has 0 aliphatic carbocycles. The van der Waals surface area contributed by atoms with Crippen LogP contribution in [-0.2, 0) is 16.1 Å². The van der Waals surface area contributed by atoms with Crippen molar-refractivity contribution in [1.82, 2.24) is 10.2 Å². The molecule has 122 valence electrons. The molecule has 1 aromatic carbocycles. The van der Waals surface area contributed by atoms with Gasteiger partial charge < -0.3 is 10.2 Å². The van der Waals surface area contributed by atoms with E-state index in [0.717, 1.165) is 24.8 Å². The first kappa shape index (κ1) is 18.1. The van der Waals surface area contributed by atoms with Gasteiger partial charge in [-0.1, -0.05) is 31.9 Å². The molecular weight excluding hydrogens is 283 g/mol. The largest absolute Gasteiger partial charge is 0.356 e. The third-order valence-electron chi connectivity index (χ3n) is 3.38. The van der Waals surface area contributed by atoms with E-state index in [9.17, 15) is 14.0 Å². The van der Waals surface area contributed by atoms with Crippen molar-refractivity contribution in [2.75, 3.05) is 13.1 Å². The zero-order valence-corrected chi connectivity index (χ0v) is 13.4. The summed E-state index contributed by atoms with van der Waals surface area (Å²) in [6.45, 7) is 5.06. The summed E-state index contributed by atoms with van der Waals surface area (Å²) in [5.74, 6) is -0.406. The van der Waals surface area contributed by atoms with Gasteiger partial charge in [-0.05, 0) is 24.1 Å². The van der Waals surface area contributed by atoms with Gasteiger partial charge in [0.1, 0.15) is 5.82 Å². The predicted molar refractivity (Wildman–Crippen MR) is 84.6 cm³/mol. The zero-order valence-electron chi connectivity index (χ0n) is 13.4. The lowest BCUT2D eigenvalue weighted by Gasteiger charge is -2.23. The van der Waals surface area contributed by atoms with E-state index in [2.05, 4.69) is 12.2 Å². The second-order valence-corrected chi connectivity index (χ2v) is 5.38. The van der Waals surface area contributed by atoms with Gasteiger partial charge in [0, 0.05) is 33.0 Å². The molecule has 2 amide bonds.